The molecule has 0 radical (unpaired) electrons. The van der Waals surface area contributed by atoms with Crippen LogP contribution in [0.15, 0.2) is 47.7 Å². The zero-order chi connectivity index (χ0) is 18.4. The maximum atomic E-state index is 12.7. The molecule has 1 N–H and O–H groups in total. The smallest absolute Gasteiger partial charge is 0.258 e. The van der Waals surface area contributed by atoms with Crippen LogP contribution >= 0.6 is 0 Å². The highest BCUT2D eigenvalue weighted by atomic mass is 16.1. The summed E-state index contributed by atoms with van der Waals surface area (Å²) in [6.45, 7) is 4.53. The first kappa shape index (κ1) is 15.8. The minimum atomic E-state index is -0.127. The van der Waals surface area contributed by atoms with E-state index < -0.39 is 0 Å². The van der Waals surface area contributed by atoms with Gasteiger partial charge in [0.15, 0.2) is 12.8 Å². The first-order valence-corrected chi connectivity index (χ1v) is 8.84. The van der Waals surface area contributed by atoms with Crippen molar-refractivity contribution in [3.05, 3.63) is 58.9 Å². The Labute approximate surface area is 154 Å². The second-order valence-corrected chi connectivity index (χ2v) is 6.60. The average Bonchev–Trinajstić information content (AvgIpc) is 3.11. The van der Waals surface area contributed by atoms with Gasteiger partial charge in [0, 0.05) is 12.1 Å². The zero-order valence-electron chi connectivity index (χ0n) is 14.8. The summed E-state index contributed by atoms with van der Waals surface area (Å²) in [6, 6.07) is 7.27. The highest BCUT2D eigenvalue weighted by Crippen LogP contribution is 2.18. The maximum absolute atomic E-state index is 12.7. The molecule has 0 fully saturated rings. The molecule has 0 unspecified atom stereocenters. The Bertz CT molecular complexity index is 1270. The summed E-state index contributed by atoms with van der Waals surface area (Å²) in [6.07, 6.45) is 7.54. The van der Waals surface area contributed by atoms with E-state index in [2.05, 4.69) is 31.2 Å². The molecule has 4 aromatic heterocycles. The fraction of sp³-hybridized carbons (Fsp3) is 0.211. The number of hydrogen-bond acceptors (Lipinski definition) is 5. The zero-order valence-corrected chi connectivity index (χ0v) is 14.8. The van der Waals surface area contributed by atoms with Gasteiger partial charge < -0.3 is 5.32 Å². The van der Waals surface area contributed by atoms with E-state index >= 15 is 0 Å². The van der Waals surface area contributed by atoms with Crippen molar-refractivity contribution in [2.75, 3.05) is 19.6 Å². The second-order valence-electron chi connectivity index (χ2n) is 6.60. The SMILES string of the molecule is Cc1cn2nc(-c3cc(=O)n4cc([N+]5=CCNCC5)ccc4n3)cc2cn1. The quantitative estimate of drug-likeness (QED) is 0.540. The van der Waals surface area contributed by atoms with Crippen molar-refractivity contribution in [1.82, 2.24) is 29.3 Å². The van der Waals surface area contributed by atoms with Crippen LogP contribution in [0.4, 0.5) is 5.69 Å². The molecule has 8 nitrogen and oxygen atoms in total. The van der Waals surface area contributed by atoms with E-state index in [4.69, 9.17) is 0 Å². The predicted octanol–water partition coefficient (Wildman–Crippen LogP) is 1.03. The first-order valence-electron chi connectivity index (χ1n) is 8.84. The van der Waals surface area contributed by atoms with Crippen LogP contribution < -0.4 is 10.9 Å². The molecule has 0 saturated heterocycles. The van der Waals surface area contributed by atoms with Gasteiger partial charge in [-0.3, -0.25) is 14.2 Å². The number of aromatic nitrogens is 5. The van der Waals surface area contributed by atoms with E-state index in [9.17, 15) is 4.79 Å². The van der Waals surface area contributed by atoms with Crippen molar-refractivity contribution in [2.24, 2.45) is 0 Å². The maximum Gasteiger partial charge on any atom is 0.258 e. The van der Waals surface area contributed by atoms with E-state index in [0.29, 0.717) is 17.0 Å². The number of nitrogens with zero attached hydrogens (tertiary/aromatic N) is 6. The van der Waals surface area contributed by atoms with Crippen LogP contribution in [-0.4, -0.2) is 54.4 Å². The van der Waals surface area contributed by atoms with Crippen molar-refractivity contribution in [1.29, 1.82) is 0 Å². The van der Waals surface area contributed by atoms with E-state index in [1.54, 1.807) is 15.1 Å². The third kappa shape index (κ3) is 2.80. The Hall–Kier alpha value is -3.39. The van der Waals surface area contributed by atoms with Gasteiger partial charge in [-0.1, -0.05) is 0 Å². The molecule has 0 atom stereocenters. The molecule has 0 spiro atoms. The molecule has 4 aromatic rings. The number of rotatable bonds is 2. The average molecular weight is 360 g/mol. The fourth-order valence-corrected chi connectivity index (χ4v) is 3.31. The normalized spacial score (nSPS) is 14.6. The highest BCUT2D eigenvalue weighted by Gasteiger charge is 2.15. The molecule has 134 valence electrons. The third-order valence-electron chi connectivity index (χ3n) is 4.70. The Kier molecular flexibility index (Phi) is 3.58. The Morgan fingerprint density at radius 2 is 2.11 bits per heavy atom. The summed E-state index contributed by atoms with van der Waals surface area (Å²) >= 11 is 0. The van der Waals surface area contributed by atoms with Gasteiger partial charge in [-0.05, 0) is 19.1 Å². The molecule has 1 aliphatic heterocycles. The molecule has 5 rings (SSSR count). The molecule has 8 heteroatoms. The summed E-state index contributed by atoms with van der Waals surface area (Å²) in [5.74, 6) is 0. The van der Waals surface area contributed by atoms with E-state index in [-0.39, 0.29) is 5.56 Å². The third-order valence-corrected chi connectivity index (χ3v) is 4.70. The molecular weight excluding hydrogens is 342 g/mol. The molecule has 1 aliphatic rings. The first-order chi connectivity index (χ1) is 13.2. The minimum absolute atomic E-state index is 0.127. The Balaban J connectivity index is 1.62. The van der Waals surface area contributed by atoms with E-state index in [0.717, 1.165) is 36.5 Å². The fourth-order valence-electron chi connectivity index (χ4n) is 3.31. The summed E-state index contributed by atoms with van der Waals surface area (Å²) in [7, 11) is 0. The number of hydrogen-bond donors (Lipinski definition) is 1. The lowest BCUT2D eigenvalue weighted by atomic mass is 10.2. The van der Waals surface area contributed by atoms with Gasteiger partial charge in [-0.15, -0.1) is 0 Å². The molecule has 0 saturated carbocycles. The Morgan fingerprint density at radius 3 is 2.96 bits per heavy atom. The summed E-state index contributed by atoms with van der Waals surface area (Å²) in [4.78, 5) is 21.6. The molecule has 27 heavy (non-hydrogen) atoms. The molecule has 0 amide bonds. The Morgan fingerprint density at radius 1 is 1.19 bits per heavy atom. The van der Waals surface area contributed by atoms with Crippen LogP contribution in [0.3, 0.4) is 0 Å². The standard InChI is InChI=1S/C19H18N7O/c1-13-11-26-15(10-21-13)8-17(23-26)16-9-19(27)25-12-14(2-3-18(25)22-16)24-6-4-20-5-7-24/h2-3,6,8-12,20H,4-5,7H2,1H3/q+1. The summed E-state index contributed by atoms with van der Waals surface area (Å²) < 4.78 is 5.48. The highest BCUT2D eigenvalue weighted by molar-refractivity contribution is 5.64. The number of aryl methyl sites for hydroxylation is 1. The molecule has 5 heterocycles. The van der Waals surface area contributed by atoms with Crippen LogP contribution in [0.5, 0.6) is 0 Å². The van der Waals surface area contributed by atoms with Crippen LogP contribution in [0.2, 0.25) is 0 Å². The topological polar surface area (TPSA) is 79.6 Å². The van der Waals surface area contributed by atoms with Gasteiger partial charge in [-0.2, -0.15) is 9.67 Å². The van der Waals surface area contributed by atoms with Gasteiger partial charge >= 0.3 is 0 Å². The summed E-state index contributed by atoms with van der Waals surface area (Å²) in [5.41, 5.74) is 4.41. The van der Waals surface area contributed by atoms with Crippen LogP contribution in [0.25, 0.3) is 22.6 Å². The largest absolute Gasteiger partial charge is 0.302 e. The number of fused-ring (bicyclic) bond motifs is 2. The lowest BCUT2D eigenvalue weighted by Crippen LogP contribution is -2.33. The minimum Gasteiger partial charge on any atom is -0.302 e. The van der Waals surface area contributed by atoms with Crippen LogP contribution in [0.1, 0.15) is 5.69 Å². The van der Waals surface area contributed by atoms with E-state index in [1.165, 1.54) is 6.07 Å². The van der Waals surface area contributed by atoms with E-state index in [1.807, 2.05) is 37.5 Å². The van der Waals surface area contributed by atoms with Crippen molar-refractivity contribution in [2.45, 2.75) is 6.92 Å². The molecule has 0 aliphatic carbocycles. The molecule has 0 bridgehead atoms. The monoisotopic (exact) mass is 360 g/mol. The summed E-state index contributed by atoms with van der Waals surface area (Å²) in [5, 5.41) is 7.81. The van der Waals surface area contributed by atoms with Crippen LogP contribution in [0, 0.1) is 6.92 Å². The lowest BCUT2D eigenvalue weighted by Gasteiger charge is -2.10. The van der Waals surface area contributed by atoms with Gasteiger partial charge in [0.25, 0.3) is 5.56 Å². The van der Waals surface area contributed by atoms with Crippen molar-refractivity contribution in [3.63, 3.8) is 0 Å². The van der Waals surface area contributed by atoms with Gasteiger partial charge in [0.05, 0.1) is 48.6 Å². The lowest BCUT2D eigenvalue weighted by molar-refractivity contribution is -0.438. The van der Waals surface area contributed by atoms with Crippen LogP contribution in [-0.2, 0) is 0 Å². The number of nitrogens with one attached hydrogen (secondary N) is 1. The van der Waals surface area contributed by atoms with Crippen molar-refractivity contribution < 1.29 is 4.58 Å². The number of pyridine rings is 1. The van der Waals surface area contributed by atoms with Gasteiger partial charge in [0.2, 0.25) is 5.69 Å². The molecule has 0 aromatic carbocycles. The van der Waals surface area contributed by atoms with Gasteiger partial charge in [-0.25, -0.2) is 9.50 Å². The second kappa shape index (κ2) is 6.10. The molecular formula is C19H18N7O+. The predicted molar refractivity (Wildman–Crippen MR) is 102 cm³/mol. The van der Waals surface area contributed by atoms with Gasteiger partial charge in [0.1, 0.15) is 11.3 Å². The van der Waals surface area contributed by atoms with Crippen molar-refractivity contribution >= 4 is 23.1 Å². The van der Waals surface area contributed by atoms with Crippen molar-refractivity contribution in [3.8, 4) is 11.4 Å².